The monoisotopic (exact) mass is 405 g/mol. The lowest BCUT2D eigenvalue weighted by Crippen LogP contribution is -2.32. The Hall–Kier alpha value is -3.19. The third kappa shape index (κ3) is 4.86. The number of carbonyl (C=O) groups is 2. The minimum absolute atomic E-state index is 0.0128. The molecule has 156 valence electrons. The maximum atomic E-state index is 12.7. The minimum atomic E-state index is -0.250. The zero-order valence-corrected chi connectivity index (χ0v) is 17.2. The third-order valence-corrected chi connectivity index (χ3v) is 5.41. The van der Waals surface area contributed by atoms with Crippen LogP contribution >= 0.6 is 0 Å². The summed E-state index contributed by atoms with van der Waals surface area (Å²) < 4.78 is 1.76. The van der Waals surface area contributed by atoms with Crippen molar-refractivity contribution in [3.8, 4) is 0 Å². The summed E-state index contributed by atoms with van der Waals surface area (Å²) in [5, 5.41) is 5.82. The molecule has 0 spiro atoms. The number of hydrogen-bond acceptors (Lipinski definition) is 4. The van der Waals surface area contributed by atoms with Crippen molar-refractivity contribution in [1.82, 2.24) is 14.3 Å². The Morgan fingerprint density at radius 1 is 1.03 bits per heavy atom. The lowest BCUT2D eigenvalue weighted by molar-refractivity contribution is -0.116. The van der Waals surface area contributed by atoms with Crippen molar-refractivity contribution in [3.63, 3.8) is 0 Å². The fourth-order valence-electron chi connectivity index (χ4n) is 3.79. The molecule has 2 amide bonds. The molecule has 7 nitrogen and oxygen atoms in total. The molecular weight excluding hydrogens is 378 g/mol. The molecule has 2 aromatic heterocycles. The van der Waals surface area contributed by atoms with E-state index in [1.807, 2.05) is 37.4 Å². The van der Waals surface area contributed by atoms with E-state index in [0.29, 0.717) is 23.5 Å². The molecule has 0 atom stereocenters. The van der Waals surface area contributed by atoms with Crippen LogP contribution in [0.25, 0.3) is 5.65 Å². The van der Waals surface area contributed by atoms with Crippen molar-refractivity contribution in [2.75, 3.05) is 30.3 Å². The topological polar surface area (TPSA) is 78.7 Å². The van der Waals surface area contributed by atoms with Gasteiger partial charge in [-0.25, -0.2) is 4.98 Å². The largest absolute Gasteiger partial charge is 0.326 e. The van der Waals surface area contributed by atoms with Gasteiger partial charge < -0.3 is 15.5 Å². The Kier molecular flexibility index (Phi) is 6.09. The highest BCUT2D eigenvalue weighted by Gasteiger charge is 2.14. The lowest BCUT2D eigenvalue weighted by Gasteiger charge is -2.25. The quantitative estimate of drug-likeness (QED) is 0.655. The number of carbonyl (C=O) groups excluding carboxylic acids is 2. The van der Waals surface area contributed by atoms with Crippen LogP contribution in [0.15, 0.2) is 48.8 Å². The van der Waals surface area contributed by atoms with Gasteiger partial charge in [0.05, 0.1) is 6.20 Å². The molecule has 0 saturated carbocycles. The number of pyridine rings is 1. The summed E-state index contributed by atoms with van der Waals surface area (Å²) in [6.07, 6.45) is 7.60. The molecule has 1 aliphatic rings. The van der Waals surface area contributed by atoms with E-state index in [4.69, 9.17) is 0 Å². The molecule has 0 bridgehead atoms. The average Bonchev–Trinajstić information content (AvgIpc) is 3.16. The molecule has 4 rings (SSSR count). The van der Waals surface area contributed by atoms with Gasteiger partial charge in [-0.3, -0.25) is 14.0 Å². The predicted octanol–water partition coefficient (Wildman–Crippen LogP) is 3.71. The molecule has 2 N–H and O–H groups in total. The summed E-state index contributed by atoms with van der Waals surface area (Å²) >= 11 is 0. The Labute approximate surface area is 176 Å². The van der Waals surface area contributed by atoms with E-state index in [9.17, 15) is 9.59 Å². The van der Waals surface area contributed by atoms with Crippen molar-refractivity contribution in [2.24, 2.45) is 0 Å². The summed E-state index contributed by atoms with van der Waals surface area (Å²) in [5.41, 5.74) is 3.57. The number of hydrogen-bond donors (Lipinski definition) is 2. The summed E-state index contributed by atoms with van der Waals surface area (Å²) in [6, 6.07) is 11.1. The van der Waals surface area contributed by atoms with Crippen LogP contribution < -0.4 is 10.6 Å². The number of aryl methyl sites for hydroxylation is 1. The smallest absolute Gasteiger partial charge is 0.274 e. The first-order valence-electron chi connectivity index (χ1n) is 10.5. The van der Waals surface area contributed by atoms with Gasteiger partial charge in [0.25, 0.3) is 5.91 Å². The van der Waals surface area contributed by atoms with Crippen molar-refractivity contribution in [1.29, 1.82) is 0 Å². The minimum Gasteiger partial charge on any atom is -0.326 e. The molecule has 1 aliphatic heterocycles. The van der Waals surface area contributed by atoms with Gasteiger partial charge in [-0.1, -0.05) is 12.5 Å². The summed E-state index contributed by atoms with van der Waals surface area (Å²) in [4.78, 5) is 31.7. The van der Waals surface area contributed by atoms with Gasteiger partial charge in [0.1, 0.15) is 11.3 Å². The van der Waals surface area contributed by atoms with Gasteiger partial charge in [0.15, 0.2) is 0 Å². The van der Waals surface area contributed by atoms with Crippen LogP contribution in [-0.4, -0.2) is 45.7 Å². The highest BCUT2D eigenvalue weighted by atomic mass is 16.2. The number of anilines is 2. The first-order valence-corrected chi connectivity index (χ1v) is 10.5. The van der Waals surface area contributed by atoms with E-state index < -0.39 is 0 Å². The second-order valence-electron chi connectivity index (χ2n) is 7.81. The SMILES string of the molecule is Cc1ccn2c(C(=O)Nc3cccc(NC(=O)CCN4CCCCC4)c3)cnc2c1. The summed E-state index contributed by atoms with van der Waals surface area (Å²) in [6.45, 7) is 4.94. The van der Waals surface area contributed by atoms with Crippen molar-refractivity contribution in [3.05, 3.63) is 60.0 Å². The number of fused-ring (bicyclic) bond motifs is 1. The van der Waals surface area contributed by atoms with E-state index in [-0.39, 0.29) is 11.8 Å². The van der Waals surface area contributed by atoms with Gasteiger partial charge >= 0.3 is 0 Å². The van der Waals surface area contributed by atoms with Gasteiger partial charge in [-0.2, -0.15) is 0 Å². The first-order chi connectivity index (χ1) is 14.6. The van der Waals surface area contributed by atoms with E-state index in [0.717, 1.165) is 30.8 Å². The molecule has 0 unspecified atom stereocenters. The van der Waals surface area contributed by atoms with Crippen LogP contribution in [0.5, 0.6) is 0 Å². The Balaban J connectivity index is 1.36. The van der Waals surface area contributed by atoms with Crippen LogP contribution in [0.1, 0.15) is 41.7 Å². The van der Waals surface area contributed by atoms with Crippen molar-refractivity contribution >= 4 is 28.8 Å². The van der Waals surface area contributed by atoms with Gasteiger partial charge in [-0.05, 0) is 68.8 Å². The van der Waals surface area contributed by atoms with E-state index in [1.165, 1.54) is 19.3 Å². The van der Waals surface area contributed by atoms with Crippen LogP contribution in [0, 0.1) is 6.92 Å². The number of amides is 2. The fourth-order valence-corrected chi connectivity index (χ4v) is 3.79. The molecule has 1 fully saturated rings. The maximum Gasteiger partial charge on any atom is 0.274 e. The third-order valence-electron chi connectivity index (χ3n) is 5.41. The maximum absolute atomic E-state index is 12.7. The molecular formula is C23H27N5O2. The number of nitrogens with zero attached hydrogens (tertiary/aromatic N) is 3. The number of piperidine rings is 1. The van der Waals surface area contributed by atoms with E-state index in [1.54, 1.807) is 22.7 Å². The van der Waals surface area contributed by atoms with Crippen LogP contribution in [-0.2, 0) is 4.79 Å². The molecule has 3 aromatic rings. The van der Waals surface area contributed by atoms with Gasteiger partial charge in [0, 0.05) is 30.5 Å². The number of benzene rings is 1. The van der Waals surface area contributed by atoms with Crippen molar-refractivity contribution in [2.45, 2.75) is 32.6 Å². The molecule has 1 saturated heterocycles. The lowest BCUT2D eigenvalue weighted by atomic mass is 10.1. The molecule has 7 heteroatoms. The zero-order chi connectivity index (χ0) is 20.9. The van der Waals surface area contributed by atoms with Crippen LogP contribution in [0.4, 0.5) is 11.4 Å². The summed E-state index contributed by atoms with van der Waals surface area (Å²) in [7, 11) is 0. The highest BCUT2D eigenvalue weighted by Crippen LogP contribution is 2.17. The van der Waals surface area contributed by atoms with Crippen molar-refractivity contribution < 1.29 is 9.59 Å². The van der Waals surface area contributed by atoms with Gasteiger partial charge in [0.2, 0.25) is 5.91 Å². The Morgan fingerprint density at radius 3 is 2.60 bits per heavy atom. The van der Waals surface area contributed by atoms with E-state index in [2.05, 4.69) is 20.5 Å². The molecule has 0 aliphatic carbocycles. The molecule has 3 heterocycles. The normalized spacial score (nSPS) is 14.6. The average molecular weight is 406 g/mol. The zero-order valence-electron chi connectivity index (χ0n) is 17.2. The summed E-state index contributed by atoms with van der Waals surface area (Å²) in [5.74, 6) is -0.263. The number of aromatic nitrogens is 2. The number of nitrogens with one attached hydrogen (secondary N) is 2. The highest BCUT2D eigenvalue weighted by molar-refractivity contribution is 6.04. The Morgan fingerprint density at radius 2 is 1.80 bits per heavy atom. The number of likely N-dealkylation sites (tertiary alicyclic amines) is 1. The van der Waals surface area contributed by atoms with Crippen LogP contribution in [0.3, 0.4) is 0 Å². The van der Waals surface area contributed by atoms with Crippen LogP contribution in [0.2, 0.25) is 0 Å². The molecule has 0 radical (unpaired) electrons. The standard InChI is InChI=1S/C23H27N5O2/c1-17-8-13-28-20(16-24-21(28)14-17)23(30)26-19-7-5-6-18(15-19)25-22(29)9-12-27-10-3-2-4-11-27/h5-8,13-16H,2-4,9-12H2,1H3,(H,25,29)(H,26,30). The Bertz CT molecular complexity index is 1050. The second kappa shape index (κ2) is 9.09. The predicted molar refractivity (Wildman–Crippen MR) is 118 cm³/mol. The van der Waals surface area contributed by atoms with E-state index >= 15 is 0 Å². The second-order valence-corrected chi connectivity index (χ2v) is 7.81. The molecule has 1 aromatic carbocycles. The fraction of sp³-hybridized carbons (Fsp3) is 0.348. The number of rotatable bonds is 6. The first kappa shape index (κ1) is 20.1. The molecule has 30 heavy (non-hydrogen) atoms. The number of imidazole rings is 1. The van der Waals surface area contributed by atoms with Gasteiger partial charge in [-0.15, -0.1) is 0 Å².